The Morgan fingerprint density at radius 1 is 1.17 bits per heavy atom. The van der Waals surface area contributed by atoms with E-state index in [1.54, 1.807) is 0 Å². The van der Waals surface area contributed by atoms with Crippen LogP contribution in [0.5, 0.6) is 0 Å². The number of rotatable bonds is 5. The highest BCUT2D eigenvalue weighted by atomic mass is 32.2. The molecule has 0 fully saturated rings. The molecule has 0 saturated carbocycles. The average molecular weight is 272 g/mol. The smallest absolute Gasteiger partial charge is 0.335 e. The van der Waals surface area contributed by atoms with Gasteiger partial charge in [-0.3, -0.25) is 4.79 Å². The third-order valence-electron chi connectivity index (χ3n) is 2.45. The molecule has 0 heterocycles. The van der Waals surface area contributed by atoms with E-state index in [-0.39, 0.29) is 16.9 Å². The number of aromatic carboxylic acids is 1. The van der Waals surface area contributed by atoms with Gasteiger partial charge in [0, 0.05) is 0 Å². The molecule has 0 spiro atoms. The lowest BCUT2D eigenvalue weighted by molar-refractivity contribution is -0.136. The summed E-state index contributed by atoms with van der Waals surface area (Å²) in [6.45, 7) is 1.46. The molecular weight excluding hydrogens is 260 g/mol. The van der Waals surface area contributed by atoms with Crippen molar-refractivity contribution in [2.75, 3.05) is 0 Å². The molecule has 0 radical (unpaired) electrons. The van der Waals surface area contributed by atoms with E-state index in [0.717, 1.165) is 24.3 Å². The Kier molecular flexibility index (Phi) is 4.07. The van der Waals surface area contributed by atoms with Crippen molar-refractivity contribution < 1.29 is 28.2 Å². The average Bonchev–Trinajstić information content (AvgIpc) is 2.29. The van der Waals surface area contributed by atoms with Gasteiger partial charge >= 0.3 is 11.9 Å². The van der Waals surface area contributed by atoms with Gasteiger partial charge < -0.3 is 10.2 Å². The Morgan fingerprint density at radius 3 is 2.00 bits per heavy atom. The second-order valence-electron chi connectivity index (χ2n) is 3.61. The maximum Gasteiger partial charge on any atom is 0.335 e. The van der Waals surface area contributed by atoms with E-state index in [2.05, 4.69) is 0 Å². The molecule has 1 atom stereocenters. The summed E-state index contributed by atoms with van der Waals surface area (Å²) in [6.07, 6.45) is -0.0572. The highest BCUT2D eigenvalue weighted by Crippen LogP contribution is 2.19. The summed E-state index contributed by atoms with van der Waals surface area (Å²) < 4.78 is 23.9. The first-order chi connectivity index (χ1) is 8.30. The normalized spacial score (nSPS) is 12.9. The summed E-state index contributed by atoms with van der Waals surface area (Å²) in [7, 11) is -3.99. The second kappa shape index (κ2) is 5.18. The molecule has 0 aliphatic heterocycles. The number of hydrogen-bond donors (Lipinski definition) is 2. The van der Waals surface area contributed by atoms with E-state index in [9.17, 15) is 18.0 Å². The molecule has 0 aliphatic carbocycles. The highest BCUT2D eigenvalue weighted by Gasteiger charge is 2.32. The van der Waals surface area contributed by atoms with E-state index in [4.69, 9.17) is 10.2 Å². The van der Waals surface area contributed by atoms with Crippen molar-refractivity contribution in [1.82, 2.24) is 0 Å². The first kappa shape index (κ1) is 14.2. The number of aliphatic carboxylic acids is 1. The molecule has 0 unspecified atom stereocenters. The number of carboxylic acid groups (broad SMARTS) is 2. The van der Waals surface area contributed by atoms with Crippen LogP contribution in [0.3, 0.4) is 0 Å². The van der Waals surface area contributed by atoms with E-state index < -0.39 is 27.0 Å². The van der Waals surface area contributed by atoms with Gasteiger partial charge in [-0.25, -0.2) is 13.2 Å². The van der Waals surface area contributed by atoms with Crippen LogP contribution >= 0.6 is 0 Å². The first-order valence-corrected chi connectivity index (χ1v) is 6.65. The van der Waals surface area contributed by atoms with Gasteiger partial charge in [0.15, 0.2) is 15.1 Å². The van der Waals surface area contributed by atoms with Crippen LogP contribution in [0.4, 0.5) is 0 Å². The maximum atomic E-state index is 12.0. The SMILES string of the molecule is CC[C@@H](C(=O)O)S(=O)(=O)c1ccc(C(=O)O)cc1. The summed E-state index contributed by atoms with van der Waals surface area (Å²) in [4.78, 5) is 21.3. The van der Waals surface area contributed by atoms with Gasteiger partial charge in [-0.05, 0) is 30.7 Å². The van der Waals surface area contributed by atoms with E-state index in [1.165, 1.54) is 6.92 Å². The van der Waals surface area contributed by atoms with Crippen LogP contribution in [0.1, 0.15) is 23.7 Å². The lowest BCUT2D eigenvalue weighted by atomic mass is 10.2. The Hall–Kier alpha value is -1.89. The predicted octanol–water partition coefficient (Wildman–Crippen LogP) is 1.02. The number of benzene rings is 1. The Bertz CT molecular complexity index is 558. The van der Waals surface area contributed by atoms with Gasteiger partial charge in [0.2, 0.25) is 0 Å². The standard InChI is InChI=1S/C11H12O6S/c1-2-9(11(14)15)18(16,17)8-5-3-7(4-6-8)10(12)13/h3-6,9H,2H2,1H3,(H,12,13)(H,14,15)/t9-/m0/s1. The van der Waals surface area contributed by atoms with Crippen molar-refractivity contribution in [1.29, 1.82) is 0 Å². The Labute approximate surface area is 104 Å². The van der Waals surface area contributed by atoms with Gasteiger partial charge in [0.1, 0.15) is 0 Å². The first-order valence-electron chi connectivity index (χ1n) is 5.10. The van der Waals surface area contributed by atoms with Gasteiger partial charge in [-0.15, -0.1) is 0 Å². The molecule has 0 saturated heterocycles. The maximum absolute atomic E-state index is 12.0. The predicted molar refractivity (Wildman–Crippen MR) is 62.3 cm³/mol. The molecule has 0 aliphatic rings. The molecular formula is C11H12O6S. The minimum atomic E-state index is -3.99. The zero-order valence-electron chi connectivity index (χ0n) is 9.53. The van der Waals surface area contributed by atoms with Crippen molar-refractivity contribution in [3.05, 3.63) is 29.8 Å². The third kappa shape index (κ3) is 2.67. The lowest BCUT2D eigenvalue weighted by Gasteiger charge is -2.11. The second-order valence-corrected chi connectivity index (χ2v) is 5.74. The van der Waals surface area contributed by atoms with Crippen LogP contribution in [0, 0.1) is 0 Å². The molecule has 6 nitrogen and oxygen atoms in total. The fourth-order valence-corrected chi connectivity index (χ4v) is 3.03. The van der Waals surface area contributed by atoms with Crippen molar-refractivity contribution in [2.45, 2.75) is 23.5 Å². The van der Waals surface area contributed by atoms with Crippen molar-refractivity contribution in [3.63, 3.8) is 0 Å². The molecule has 18 heavy (non-hydrogen) atoms. The summed E-state index contributed by atoms with van der Waals surface area (Å²) in [5, 5.41) is 16.0. The molecule has 7 heteroatoms. The van der Waals surface area contributed by atoms with Crippen LogP contribution in [0.15, 0.2) is 29.2 Å². The van der Waals surface area contributed by atoms with E-state index >= 15 is 0 Å². The van der Waals surface area contributed by atoms with Gasteiger partial charge in [0.25, 0.3) is 0 Å². The van der Waals surface area contributed by atoms with Crippen molar-refractivity contribution >= 4 is 21.8 Å². The number of carbonyl (C=O) groups is 2. The van der Waals surface area contributed by atoms with E-state index in [0.29, 0.717) is 0 Å². The van der Waals surface area contributed by atoms with Crippen LogP contribution in [-0.2, 0) is 14.6 Å². The highest BCUT2D eigenvalue weighted by molar-refractivity contribution is 7.92. The van der Waals surface area contributed by atoms with Crippen LogP contribution < -0.4 is 0 Å². The molecule has 0 amide bonds. The molecule has 1 aromatic rings. The number of hydrogen-bond acceptors (Lipinski definition) is 4. The molecule has 1 aromatic carbocycles. The Balaban J connectivity index is 3.20. The fourth-order valence-electron chi connectivity index (χ4n) is 1.48. The number of sulfone groups is 1. The summed E-state index contributed by atoms with van der Waals surface area (Å²) in [6, 6.07) is 4.46. The summed E-state index contributed by atoms with van der Waals surface area (Å²) in [5.74, 6) is -2.59. The van der Waals surface area contributed by atoms with E-state index in [1.807, 2.05) is 0 Å². The molecule has 0 aromatic heterocycles. The Morgan fingerprint density at radius 2 is 1.67 bits per heavy atom. The summed E-state index contributed by atoms with van der Waals surface area (Å²) in [5.41, 5.74) is -0.0580. The third-order valence-corrected chi connectivity index (χ3v) is 4.66. The quantitative estimate of drug-likeness (QED) is 0.828. The van der Waals surface area contributed by atoms with Crippen molar-refractivity contribution in [2.24, 2.45) is 0 Å². The molecule has 0 bridgehead atoms. The van der Waals surface area contributed by atoms with Crippen LogP contribution in [-0.4, -0.2) is 35.8 Å². The van der Waals surface area contributed by atoms with Crippen LogP contribution in [0.2, 0.25) is 0 Å². The van der Waals surface area contributed by atoms with Crippen molar-refractivity contribution in [3.8, 4) is 0 Å². The topological polar surface area (TPSA) is 109 Å². The molecule has 1 rings (SSSR count). The van der Waals surface area contributed by atoms with Gasteiger partial charge in [-0.2, -0.15) is 0 Å². The monoisotopic (exact) mass is 272 g/mol. The van der Waals surface area contributed by atoms with Crippen LogP contribution in [0.25, 0.3) is 0 Å². The molecule has 98 valence electrons. The minimum absolute atomic E-state index is 0.0572. The zero-order valence-corrected chi connectivity index (χ0v) is 10.3. The minimum Gasteiger partial charge on any atom is -0.480 e. The van der Waals surface area contributed by atoms with Gasteiger partial charge in [-0.1, -0.05) is 6.92 Å². The fraction of sp³-hybridized carbons (Fsp3) is 0.273. The number of carboxylic acids is 2. The zero-order chi connectivity index (χ0) is 13.9. The van der Waals surface area contributed by atoms with Gasteiger partial charge in [0.05, 0.1) is 10.5 Å². The molecule has 2 N–H and O–H groups in total. The largest absolute Gasteiger partial charge is 0.480 e. The summed E-state index contributed by atoms with van der Waals surface area (Å²) >= 11 is 0. The lowest BCUT2D eigenvalue weighted by Crippen LogP contribution is -2.29.